The Morgan fingerprint density at radius 3 is 2.27 bits per heavy atom. The first kappa shape index (κ1) is 29.5. The first-order valence-corrected chi connectivity index (χ1v) is 14.7. The summed E-state index contributed by atoms with van der Waals surface area (Å²) in [6.45, 7) is 1.06. The molecule has 10 nitrogen and oxygen atoms in total. The average Bonchev–Trinajstić information content (AvgIpc) is 3.39. The minimum absolute atomic E-state index is 0.0203. The number of thiophene rings is 1. The second-order valence-electron chi connectivity index (χ2n) is 8.55. The van der Waals surface area contributed by atoms with Crippen LogP contribution >= 0.6 is 11.3 Å². The summed E-state index contributed by atoms with van der Waals surface area (Å²) < 4.78 is 38.1. The van der Waals surface area contributed by atoms with Gasteiger partial charge in [-0.05, 0) is 36.2 Å². The Morgan fingerprint density at radius 2 is 1.59 bits per heavy atom. The van der Waals surface area contributed by atoms with E-state index >= 15 is 0 Å². The summed E-state index contributed by atoms with van der Waals surface area (Å²) in [4.78, 5) is 37.8. The molecule has 4 rings (SSSR count). The van der Waals surface area contributed by atoms with E-state index in [0.29, 0.717) is 5.56 Å². The van der Waals surface area contributed by atoms with Crippen molar-refractivity contribution in [1.82, 2.24) is 4.72 Å². The molecule has 0 saturated carbocycles. The highest BCUT2D eigenvalue weighted by Gasteiger charge is 2.24. The molecule has 0 saturated heterocycles. The van der Waals surface area contributed by atoms with Gasteiger partial charge in [0.1, 0.15) is 21.9 Å². The van der Waals surface area contributed by atoms with Crippen molar-refractivity contribution in [3.05, 3.63) is 101 Å². The van der Waals surface area contributed by atoms with Gasteiger partial charge in [0.05, 0.1) is 11.5 Å². The molecule has 4 aromatic rings. The molecule has 1 aromatic heterocycles. The molecule has 0 atom stereocenters. The molecular formula is C29H26N2O8S2. The Balaban J connectivity index is 1.44. The van der Waals surface area contributed by atoms with Crippen LogP contribution in [0.25, 0.3) is 11.1 Å². The fourth-order valence-corrected chi connectivity index (χ4v) is 5.78. The molecule has 0 aliphatic heterocycles. The Hall–Kier alpha value is -4.52. The maximum atomic E-state index is 12.8. The fourth-order valence-electron chi connectivity index (χ4n) is 3.76. The number of phenolic OH excluding ortho intramolecular Hbond substituents is 1. The number of carbonyl (C=O) groups is 3. The number of anilines is 1. The third-order valence-electron chi connectivity index (χ3n) is 5.75. The molecule has 1 heterocycles. The van der Waals surface area contributed by atoms with E-state index < -0.39 is 45.8 Å². The summed E-state index contributed by atoms with van der Waals surface area (Å²) in [5.74, 6) is -3.01. The van der Waals surface area contributed by atoms with Gasteiger partial charge < -0.3 is 19.9 Å². The van der Waals surface area contributed by atoms with E-state index in [9.17, 15) is 27.9 Å². The van der Waals surface area contributed by atoms with E-state index in [1.165, 1.54) is 0 Å². The lowest BCUT2D eigenvalue weighted by Gasteiger charge is -2.11. The van der Waals surface area contributed by atoms with Gasteiger partial charge in [-0.2, -0.15) is 0 Å². The van der Waals surface area contributed by atoms with Crippen molar-refractivity contribution in [1.29, 1.82) is 0 Å². The SMILES string of the molecule is CCOC(=O)c1c(-c2ccccc2)csc1NC(=O)COC(=O)c1cc(S(=O)(=O)NCc2ccccc2)ccc1O. The number of ether oxygens (including phenoxy) is 2. The Morgan fingerprint density at radius 1 is 0.902 bits per heavy atom. The Bertz CT molecular complexity index is 1650. The van der Waals surface area contributed by atoms with Gasteiger partial charge in [-0.1, -0.05) is 60.7 Å². The first-order chi connectivity index (χ1) is 19.7. The molecule has 0 fully saturated rings. The van der Waals surface area contributed by atoms with E-state index in [1.54, 1.807) is 42.6 Å². The number of esters is 2. The van der Waals surface area contributed by atoms with E-state index in [2.05, 4.69) is 10.0 Å². The van der Waals surface area contributed by atoms with Gasteiger partial charge in [-0.25, -0.2) is 22.7 Å². The van der Waals surface area contributed by atoms with Crippen molar-refractivity contribution < 1.29 is 37.4 Å². The quantitative estimate of drug-likeness (QED) is 0.214. The van der Waals surface area contributed by atoms with Gasteiger partial charge >= 0.3 is 11.9 Å². The van der Waals surface area contributed by atoms with Crippen molar-refractivity contribution in [3.8, 4) is 16.9 Å². The zero-order chi connectivity index (χ0) is 29.4. The number of benzene rings is 3. The number of hydrogen-bond acceptors (Lipinski definition) is 9. The van der Waals surface area contributed by atoms with E-state index in [0.717, 1.165) is 40.7 Å². The Labute approximate surface area is 240 Å². The average molecular weight is 595 g/mol. The molecule has 3 N–H and O–H groups in total. The number of sulfonamides is 1. The topological polar surface area (TPSA) is 148 Å². The molecule has 41 heavy (non-hydrogen) atoms. The molecule has 0 spiro atoms. The van der Waals surface area contributed by atoms with Crippen LogP contribution in [0.2, 0.25) is 0 Å². The third kappa shape index (κ3) is 7.37. The summed E-state index contributed by atoms with van der Waals surface area (Å²) in [5, 5.41) is 14.7. The largest absolute Gasteiger partial charge is 0.507 e. The highest BCUT2D eigenvalue weighted by molar-refractivity contribution is 7.89. The third-order valence-corrected chi connectivity index (χ3v) is 8.04. The van der Waals surface area contributed by atoms with Crippen LogP contribution in [0, 0.1) is 0 Å². The predicted octanol–water partition coefficient (Wildman–Crippen LogP) is 4.57. The van der Waals surface area contributed by atoms with Gasteiger partial charge in [0.15, 0.2) is 6.61 Å². The molecule has 212 valence electrons. The lowest BCUT2D eigenvalue weighted by Crippen LogP contribution is -2.24. The maximum Gasteiger partial charge on any atom is 0.342 e. The molecule has 12 heteroatoms. The highest BCUT2D eigenvalue weighted by atomic mass is 32.2. The lowest BCUT2D eigenvalue weighted by atomic mass is 10.0. The second-order valence-corrected chi connectivity index (χ2v) is 11.2. The Kier molecular flexibility index (Phi) is 9.50. The molecule has 0 aliphatic rings. The fraction of sp³-hybridized carbons (Fsp3) is 0.138. The molecule has 3 aromatic carbocycles. The van der Waals surface area contributed by atoms with Crippen LogP contribution in [0.1, 0.15) is 33.2 Å². The van der Waals surface area contributed by atoms with Gasteiger partial charge in [0.25, 0.3) is 5.91 Å². The van der Waals surface area contributed by atoms with Crippen LogP contribution in [0.5, 0.6) is 5.75 Å². The second kappa shape index (κ2) is 13.2. The minimum Gasteiger partial charge on any atom is -0.507 e. The van der Waals surface area contributed by atoms with Crippen molar-refractivity contribution in [2.45, 2.75) is 18.4 Å². The predicted molar refractivity (Wildman–Crippen MR) is 153 cm³/mol. The van der Waals surface area contributed by atoms with E-state index in [4.69, 9.17) is 9.47 Å². The normalized spacial score (nSPS) is 11.0. The maximum absolute atomic E-state index is 12.8. The van der Waals surface area contributed by atoms with Crippen molar-refractivity contribution >= 4 is 44.2 Å². The molecular weight excluding hydrogens is 568 g/mol. The number of rotatable bonds is 11. The van der Waals surface area contributed by atoms with Gasteiger partial charge in [-0.3, -0.25) is 4.79 Å². The van der Waals surface area contributed by atoms with Gasteiger partial charge in [-0.15, -0.1) is 11.3 Å². The standard InChI is InChI=1S/C29H26N2O8S2/c1-2-38-29(35)26-23(20-11-7-4-8-12-20)18-40-27(26)31-25(33)17-39-28(34)22-15-21(13-14-24(22)32)41(36,37)30-16-19-9-5-3-6-10-19/h3-15,18,30,32H,2,16-17H2,1H3,(H,31,33). The number of phenols is 1. The summed E-state index contributed by atoms with van der Waals surface area (Å²) >= 11 is 1.11. The number of aromatic hydroxyl groups is 1. The van der Waals surface area contributed by atoms with Crippen LogP contribution < -0.4 is 10.0 Å². The number of amides is 1. The summed E-state index contributed by atoms with van der Waals surface area (Å²) in [7, 11) is -4.03. The van der Waals surface area contributed by atoms with Crippen LogP contribution in [0.3, 0.4) is 0 Å². The number of hydrogen-bond donors (Lipinski definition) is 3. The minimum atomic E-state index is -4.03. The monoisotopic (exact) mass is 594 g/mol. The molecule has 0 unspecified atom stereocenters. The van der Waals surface area contributed by atoms with Crippen molar-refractivity contribution in [3.63, 3.8) is 0 Å². The molecule has 1 amide bonds. The van der Waals surface area contributed by atoms with Crippen LogP contribution in [0.15, 0.2) is 89.1 Å². The zero-order valence-corrected chi connectivity index (χ0v) is 23.5. The molecule has 0 aliphatic carbocycles. The molecule has 0 radical (unpaired) electrons. The summed E-state index contributed by atoms with van der Waals surface area (Å²) in [5.41, 5.74) is 1.79. The van der Waals surface area contributed by atoms with E-state index in [-0.39, 0.29) is 28.6 Å². The highest BCUT2D eigenvalue weighted by Crippen LogP contribution is 2.36. The van der Waals surface area contributed by atoms with Crippen molar-refractivity contribution in [2.24, 2.45) is 0 Å². The van der Waals surface area contributed by atoms with Crippen molar-refractivity contribution in [2.75, 3.05) is 18.5 Å². The summed E-state index contributed by atoms with van der Waals surface area (Å²) in [6.07, 6.45) is 0. The summed E-state index contributed by atoms with van der Waals surface area (Å²) in [6, 6.07) is 21.1. The van der Waals surface area contributed by atoms with Gasteiger partial charge in [0.2, 0.25) is 10.0 Å². The van der Waals surface area contributed by atoms with E-state index in [1.807, 2.05) is 30.3 Å². The smallest absolute Gasteiger partial charge is 0.342 e. The van der Waals surface area contributed by atoms with Crippen LogP contribution in [0.4, 0.5) is 5.00 Å². The first-order valence-electron chi connectivity index (χ1n) is 12.4. The van der Waals surface area contributed by atoms with Crippen LogP contribution in [-0.2, 0) is 30.8 Å². The zero-order valence-electron chi connectivity index (χ0n) is 21.8. The lowest BCUT2D eigenvalue weighted by molar-refractivity contribution is -0.119. The van der Waals surface area contributed by atoms with Gasteiger partial charge in [0, 0.05) is 17.5 Å². The number of nitrogens with one attached hydrogen (secondary N) is 2. The van der Waals surface area contributed by atoms with Crippen LogP contribution in [-0.4, -0.2) is 44.6 Å². The number of carbonyl (C=O) groups excluding carboxylic acids is 3. The molecule has 0 bridgehead atoms.